The van der Waals surface area contributed by atoms with Crippen LogP contribution >= 0.6 is 7.60 Å². The third-order valence-electron chi connectivity index (χ3n) is 1.34. The van der Waals surface area contributed by atoms with Gasteiger partial charge in [0, 0.05) is 0 Å². The van der Waals surface area contributed by atoms with Crippen molar-refractivity contribution in [1.82, 2.24) is 4.67 Å². The highest BCUT2D eigenvalue weighted by Crippen LogP contribution is 2.60. The highest BCUT2D eigenvalue weighted by molar-refractivity contribution is 7.57. The second-order valence-corrected chi connectivity index (χ2v) is 6.67. The predicted octanol–water partition coefficient (Wildman–Crippen LogP) is 2.51. The lowest BCUT2D eigenvalue weighted by Crippen LogP contribution is -2.21. The third kappa shape index (κ3) is 1.80. The summed E-state index contributed by atoms with van der Waals surface area (Å²) in [7, 11) is -0.631. The summed E-state index contributed by atoms with van der Waals surface area (Å²) in [5.74, 6) is 0. The lowest BCUT2D eigenvalue weighted by Gasteiger charge is -2.28. The van der Waals surface area contributed by atoms with Crippen LogP contribution in [0.5, 0.6) is 0 Å². The molecule has 0 aromatic heterocycles. The van der Waals surface area contributed by atoms with Gasteiger partial charge in [-0.2, -0.15) is 4.20 Å². The second kappa shape index (κ2) is 2.63. The fourth-order valence-corrected chi connectivity index (χ4v) is 1.80. The summed E-state index contributed by atoms with van der Waals surface area (Å²) in [6, 6.07) is 0. The van der Waals surface area contributed by atoms with Crippen LogP contribution < -0.4 is 0 Å². The SMILES string of the molecule is CN(C)P(=O)(F)C(C)(C)C. The summed E-state index contributed by atoms with van der Waals surface area (Å²) in [5.41, 5.74) is 0. The molecule has 0 saturated carbocycles. The maximum absolute atomic E-state index is 13.2. The number of hydrogen-bond donors (Lipinski definition) is 0. The molecule has 0 radical (unpaired) electrons. The smallest absolute Gasteiger partial charge is 0.269 e. The minimum Gasteiger partial charge on any atom is -0.269 e. The van der Waals surface area contributed by atoms with E-state index < -0.39 is 12.8 Å². The Morgan fingerprint density at radius 1 is 1.30 bits per heavy atom. The first-order valence-corrected chi connectivity index (χ1v) is 4.72. The van der Waals surface area contributed by atoms with Crippen molar-refractivity contribution in [3.63, 3.8) is 0 Å². The lowest BCUT2D eigenvalue weighted by atomic mass is 10.3. The second-order valence-electron chi connectivity index (χ2n) is 3.52. The molecule has 0 saturated heterocycles. The van der Waals surface area contributed by atoms with E-state index in [0.29, 0.717) is 0 Å². The van der Waals surface area contributed by atoms with Gasteiger partial charge in [-0.25, -0.2) is 4.67 Å². The van der Waals surface area contributed by atoms with E-state index in [-0.39, 0.29) is 0 Å². The highest BCUT2D eigenvalue weighted by Gasteiger charge is 2.38. The Morgan fingerprint density at radius 3 is 1.60 bits per heavy atom. The van der Waals surface area contributed by atoms with E-state index in [1.807, 2.05) is 0 Å². The molecule has 0 aliphatic rings. The monoisotopic (exact) mass is 167 g/mol. The average Bonchev–Trinajstić information content (AvgIpc) is 1.62. The molecule has 0 spiro atoms. The Labute approximate surface area is 62.0 Å². The van der Waals surface area contributed by atoms with E-state index in [0.717, 1.165) is 4.67 Å². The average molecular weight is 167 g/mol. The summed E-state index contributed by atoms with van der Waals surface area (Å²) in [6.07, 6.45) is 0. The molecule has 0 rings (SSSR count). The van der Waals surface area contributed by atoms with E-state index in [9.17, 15) is 8.76 Å². The van der Waals surface area contributed by atoms with Gasteiger partial charge in [-0.1, -0.05) is 0 Å². The van der Waals surface area contributed by atoms with E-state index in [4.69, 9.17) is 0 Å². The molecule has 0 amide bonds. The normalized spacial score (nSPS) is 19.1. The van der Waals surface area contributed by atoms with Crippen LogP contribution in [0.3, 0.4) is 0 Å². The molecule has 0 N–H and O–H groups in total. The molecule has 0 heterocycles. The third-order valence-corrected chi connectivity index (χ3v) is 4.03. The largest absolute Gasteiger partial charge is 0.314 e. The predicted molar refractivity (Wildman–Crippen MR) is 42.2 cm³/mol. The van der Waals surface area contributed by atoms with Crippen LogP contribution in [0.25, 0.3) is 0 Å². The van der Waals surface area contributed by atoms with Crippen LogP contribution in [-0.2, 0) is 4.57 Å². The van der Waals surface area contributed by atoms with Crippen molar-refractivity contribution in [2.24, 2.45) is 0 Å². The fourth-order valence-electron chi connectivity index (χ4n) is 0.600. The quantitative estimate of drug-likeness (QED) is 0.559. The Morgan fingerprint density at radius 2 is 1.60 bits per heavy atom. The van der Waals surface area contributed by atoms with E-state index >= 15 is 0 Å². The molecular weight excluding hydrogens is 152 g/mol. The van der Waals surface area contributed by atoms with Gasteiger partial charge in [0.25, 0.3) is 0 Å². The van der Waals surface area contributed by atoms with E-state index in [1.54, 1.807) is 20.8 Å². The Balaban J connectivity index is 4.59. The maximum atomic E-state index is 13.2. The number of nitrogens with zero attached hydrogens (tertiary/aromatic N) is 1. The summed E-state index contributed by atoms with van der Waals surface area (Å²) >= 11 is 0. The molecule has 62 valence electrons. The van der Waals surface area contributed by atoms with Gasteiger partial charge in [0.2, 0.25) is 0 Å². The van der Waals surface area contributed by atoms with E-state index in [2.05, 4.69) is 0 Å². The Hall–Kier alpha value is 0.120. The molecular formula is C6H15FNOP. The number of halogens is 1. The minimum atomic E-state index is -3.61. The van der Waals surface area contributed by atoms with Crippen molar-refractivity contribution in [2.75, 3.05) is 14.1 Å². The van der Waals surface area contributed by atoms with Crippen LogP contribution in [0.1, 0.15) is 20.8 Å². The van der Waals surface area contributed by atoms with Crippen molar-refractivity contribution in [3.8, 4) is 0 Å². The van der Waals surface area contributed by atoms with Gasteiger partial charge in [0.1, 0.15) is 0 Å². The molecule has 0 bridgehead atoms. The van der Waals surface area contributed by atoms with Gasteiger partial charge in [-0.05, 0) is 34.9 Å². The van der Waals surface area contributed by atoms with Crippen LogP contribution in [0.15, 0.2) is 0 Å². The van der Waals surface area contributed by atoms with Gasteiger partial charge in [0.15, 0.2) is 0 Å². The van der Waals surface area contributed by atoms with Crippen LogP contribution in [-0.4, -0.2) is 23.9 Å². The highest BCUT2D eigenvalue weighted by atomic mass is 31.2. The van der Waals surface area contributed by atoms with Crippen LogP contribution in [0.4, 0.5) is 4.20 Å². The van der Waals surface area contributed by atoms with Crippen molar-refractivity contribution < 1.29 is 8.76 Å². The molecule has 0 aliphatic carbocycles. The summed E-state index contributed by atoms with van der Waals surface area (Å²) in [4.78, 5) is 0. The van der Waals surface area contributed by atoms with Crippen molar-refractivity contribution >= 4 is 7.60 Å². The molecule has 2 nitrogen and oxygen atoms in total. The summed E-state index contributed by atoms with van der Waals surface area (Å²) in [5, 5.41) is -0.767. The minimum absolute atomic E-state index is 0.767. The van der Waals surface area contributed by atoms with Crippen LogP contribution in [0, 0.1) is 0 Å². The Kier molecular flexibility index (Phi) is 2.66. The van der Waals surface area contributed by atoms with Gasteiger partial charge in [0.05, 0.1) is 5.16 Å². The van der Waals surface area contributed by atoms with Gasteiger partial charge < -0.3 is 0 Å². The molecule has 0 aliphatic heterocycles. The van der Waals surface area contributed by atoms with Crippen molar-refractivity contribution in [1.29, 1.82) is 0 Å². The topological polar surface area (TPSA) is 20.3 Å². The van der Waals surface area contributed by atoms with Gasteiger partial charge >= 0.3 is 7.60 Å². The molecule has 4 heteroatoms. The fraction of sp³-hybridized carbons (Fsp3) is 1.00. The number of hydrogen-bond acceptors (Lipinski definition) is 1. The number of rotatable bonds is 1. The zero-order chi connectivity index (χ0) is 8.58. The first-order chi connectivity index (χ1) is 4.19. The summed E-state index contributed by atoms with van der Waals surface area (Å²) < 4.78 is 25.6. The first-order valence-electron chi connectivity index (χ1n) is 3.17. The van der Waals surface area contributed by atoms with Crippen molar-refractivity contribution in [2.45, 2.75) is 25.9 Å². The molecule has 1 atom stereocenters. The molecule has 0 fully saturated rings. The Bertz CT molecular complexity index is 162. The van der Waals surface area contributed by atoms with Gasteiger partial charge in [-0.3, -0.25) is 4.57 Å². The molecule has 0 aromatic carbocycles. The standard InChI is InChI=1S/C6H15FNOP/c1-6(2,3)10(7,9)8(4)5/h1-5H3. The molecule has 1 unspecified atom stereocenters. The van der Waals surface area contributed by atoms with Crippen molar-refractivity contribution in [3.05, 3.63) is 0 Å². The van der Waals surface area contributed by atoms with E-state index in [1.165, 1.54) is 14.1 Å². The zero-order valence-corrected chi connectivity index (χ0v) is 8.08. The van der Waals surface area contributed by atoms with Crippen LogP contribution in [0.2, 0.25) is 0 Å². The summed E-state index contributed by atoms with van der Waals surface area (Å²) in [6.45, 7) is 4.90. The molecule has 10 heavy (non-hydrogen) atoms. The van der Waals surface area contributed by atoms with Gasteiger partial charge in [-0.15, -0.1) is 0 Å². The lowest BCUT2D eigenvalue weighted by molar-refractivity contribution is 0.435. The zero-order valence-electron chi connectivity index (χ0n) is 7.18. The first kappa shape index (κ1) is 10.1. The maximum Gasteiger partial charge on any atom is 0.314 e. The molecule has 0 aromatic rings.